The van der Waals surface area contributed by atoms with Crippen molar-refractivity contribution in [1.29, 1.82) is 0 Å². The van der Waals surface area contributed by atoms with Gasteiger partial charge >= 0.3 is 11.9 Å². The van der Waals surface area contributed by atoms with Crippen LogP contribution in [-0.4, -0.2) is 39.3 Å². The van der Waals surface area contributed by atoms with Gasteiger partial charge in [0.25, 0.3) is 0 Å². The number of nitrogens with two attached hydrogens (primary N) is 1. The number of aliphatic hydroxyl groups excluding tert-OH is 1. The van der Waals surface area contributed by atoms with Gasteiger partial charge < -0.3 is 21.1 Å². The predicted molar refractivity (Wildman–Crippen MR) is 52.4 cm³/mol. The Balaban J connectivity index is 4.45. The molecule has 0 fully saturated rings. The van der Waals surface area contributed by atoms with Crippen molar-refractivity contribution in [2.45, 2.75) is 25.9 Å². The second-order valence-electron chi connectivity index (χ2n) is 3.64. The molecule has 0 aliphatic rings. The summed E-state index contributed by atoms with van der Waals surface area (Å²) in [5, 5.41) is 26.7. The number of carbonyl (C=O) groups is 3. The number of carboxylic acid groups (broad SMARTS) is 2. The standard InChI is InChI=1S/C9H15NO6/c1-4(8(13)14)6(11)2-5(9(15)16)3-7(10)12/h4-6,11H,2-3H2,1H3,(H2,10,12)(H,13,14)(H,15,16). The van der Waals surface area contributed by atoms with Crippen LogP contribution < -0.4 is 5.73 Å². The fourth-order valence-corrected chi connectivity index (χ4v) is 1.17. The van der Waals surface area contributed by atoms with Gasteiger partial charge in [-0.15, -0.1) is 0 Å². The quantitative estimate of drug-likeness (QED) is 0.446. The van der Waals surface area contributed by atoms with E-state index < -0.39 is 42.2 Å². The van der Waals surface area contributed by atoms with Gasteiger partial charge in [0.2, 0.25) is 5.91 Å². The molecular weight excluding hydrogens is 218 g/mol. The Morgan fingerprint density at radius 3 is 2.00 bits per heavy atom. The Morgan fingerprint density at radius 1 is 1.19 bits per heavy atom. The van der Waals surface area contributed by atoms with E-state index in [4.69, 9.17) is 15.9 Å². The molecule has 92 valence electrons. The second kappa shape index (κ2) is 6.06. The molecule has 0 aliphatic carbocycles. The van der Waals surface area contributed by atoms with Crippen molar-refractivity contribution in [2.75, 3.05) is 0 Å². The molecule has 0 aromatic rings. The topological polar surface area (TPSA) is 138 Å². The van der Waals surface area contributed by atoms with Crippen LogP contribution in [0.5, 0.6) is 0 Å². The molecule has 1 amide bonds. The number of hydrogen-bond acceptors (Lipinski definition) is 4. The third-order valence-electron chi connectivity index (χ3n) is 2.29. The number of hydrogen-bond donors (Lipinski definition) is 4. The zero-order valence-corrected chi connectivity index (χ0v) is 8.79. The van der Waals surface area contributed by atoms with Gasteiger partial charge in [0, 0.05) is 6.42 Å². The third kappa shape index (κ3) is 4.74. The zero-order valence-electron chi connectivity index (χ0n) is 8.79. The highest BCUT2D eigenvalue weighted by atomic mass is 16.4. The van der Waals surface area contributed by atoms with Crippen LogP contribution in [0.15, 0.2) is 0 Å². The normalized spacial score (nSPS) is 16.1. The lowest BCUT2D eigenvalue weighted by Gasteiger charge is -2.18. The lowest BCUT2D eigenvalue weighted by atomic mass is 9.91. The van der Waals surface area contributed by atoms with Crippen LogP contribution >= 0.6 is 0 Å². The Labute approximate surface area is 91.9 Å². The Kier molecular flexibility index (Phi) is 5.44. The summed E-state index contributed by atoms with van der Waals surface area (Å²) < 4.78 is 0. The number of carboxylic acids is 2. The molecule has 0 aromatic carbocycles. The molecule has 16 heavy (non-hydrogen) atoms. The van der Waals surface area contributed by atoms with Crippen molar-refractivity contribution >= 4 is 17.8 Å². The van der Waals surface area contributed by atoms with E-state index in [1.165, 1.54) is 6.92 Å². The lowest BCUT2D eigenvalue weighted by Crippen LogP contribution is -2.32. The molecule has 0 saturated carbocycles. The molecule has 7 heteroatoms. The number of primary amides is 1. The SMILES string of the molecule is CC(C(=O)O)C(O)CC(CC(N)=O)C(=O)O. The highest BCUT2D eigenvalue weighted by Crippen LogP contribution is 2.17. The molecule has 0 radical (unpaired) electrons. The maximum Gasteiger partial charge on any atom is 0.308 e. The van der Waals surface area contributed by atoms with Crippen LogP contribution in [-0.2, 0) is 14.4 Å². The predicted octanol–water partition coefficient (Wildman–Crippen LogP) is -0.966. The van der Waals surface area contributed by atoms with E-state index in [2.05, 4.69) is 0 Å². The Bertz CT molecular complexity index is 290. The first kappa shape index (κ1) is 14.4. The number of aliphatic carboxylic acids is 2. The lowest BCUT2D eigenvalue weighted by molar-refractivity contribution is -0.149. The minimum atomic E-state index is -1.32. The van der Waals surface area contributed by atoms with Crippen LogP contribution in [0.4, 0.5) is 0 Å². The van der Waals surface area contributed by atoms with Gasteiger partial charge in [0.05, 0.1) is 17.9 Å². The first-order chi connectivity index (χ1) is 7.25. The minimum Gasteiger partial charge on any atom is -0.481 e. The molecule has 0 heterocycles. The van der Waals surface area contributed by atoms with Crippen LogP contribution in [0.25, 0.3) is 0 Å². The maximum atomic E-state index is 10.7. The summed E-state index contributed by atoms with van der Waals surface area (Å²) in [6.07, 6.45) is -2.05. The number of aliphatic hydroxyl groups is 1. The molecule has 3 unspecified atom stereocenters. The highest BCUT2D eigenvalue weighted by Gasteiger charge is 2.29. The van der Waals surface area contributed by atoms with Crippen molar-refractivity contribution in [3.05, 3.63) is 0 Å². The molecule has 0 aromatic heterocycles. The zero-order chi connectivity index (χ0) is 12.9. The van der Waals surface area contributed by atoms with E-state index in [0.717, 1.165) is 0 Å². The largest absolute Gasteiger partial charge is 0.481 e. The van der Waals surface area contributed by atoms with Gasteiger partial charge in [-0.05, 0) is 13.3 Å². The summed E-state index contributed by atoms with van der Waals surface area (Å²) in [7, 11) is 0. The van der Waals surface area contributed by atoms with Gasteiger partial charge in [-0.25, -0.2) is 0 Å². The van der Waals surface area contributed by atoms with E-state index in [0.29, 0.717) is 0 Å². The average molecular weight is 233 g/mol. The van der Waals surface area contributed by atoms with E-state index >= 15 is 0 Å². The summed E-state index contributed by atoms with van der Waals surface area (Å²) in [6, 6.07) is 0. The minimum absolute atomic E-state index is 0.314. The second-order valence-corrected chi connectivity index (χ2v) is 3.64. The summed E-state index contributed by atoms with van der Waals surface area (Å²) in [4.78, 5) is 31.8. The van der Waals surface area contributed by atoms with Crippen molar-refractivity contribution in [3.8, 4) is 0 Å². The number of carbonyl (C=O) groups excluding carboxylic acids is 1. The van der Waals surface area contributed by atoms with Gasteiger partial charge in [0.15, 0.2) is 0 Å². The molecular formula is C9H15NO6. The average Bonchev–Trinajstić information content (AvgIpc) is 2.14. The van der Waals surface area contributed by atoms with Gasteiger partial charge in [-0.2, -0.15) is 0 Å². The van der Waals surface area contributed by atoms with Gasteiger partial charge in [0.1, 0.15) is 0 Å². The van der Waals surface area contributed by atoms with E-state index in [1.54, 1.807) is 0 Å². The summed E-state index contributed by atoms with van der Waals surface area (Å²) in [6.45, 7) is 1.26. The first-order valence-electron chi connectivity index (χ1n) is 4.67. The van der Waals surface area contributed by atoms with Gasteiger partial charge in [-0.1, -0.05) is 0 Å². The fraction of sp³-hybridized carbons (Fsp3) is 0.667. The summed E-state index contributed by atoms with van der Waals surface area (Å²) >= 11 is 0. The molecule has 5 N–H and O–H groups in total. The molecule has 0 aliphatic heterocycles. The third-order valence-corrected chi connectivity index (χ3v) is 2.29. The van der Waals surface area contributed by atoms with Gasteiger partial charge in [-0.3, -0.25) is 14.4 Å². The number of amides is 1. The van der Waals surface area contributed by atoms with Crippen LogP contribution in [0, 0.1) is 11.8 Å². The molecule has 0 rings (SSSR count). The molecule has 3 atom stereocenters. The maximum absolute atomic E-state index is 10.7. The smallest absolute Gasteiger partial charge is 0.308 e. The molecule has 7 nitrogen and oxygen atoms in total. The first-order valence-corrected chi connectivity index (χ1v) is 4.67. The number of rotatable bonds is 7. The van der Waals surface area contributed by atoms with Crippen molar-refractivity contribution in [1.82, 2.24) is 0 Å². The van der Waals surface area contributed by atoms with Crippen molar-refractivity contribution in [2.24, 2.45) is 17.6 Å². The van der Waals surface area contributed by atoms with E-state index in [-0.39, 0.29) is 6.42 Å². The van der Waals surface area contributed by atoms with Crippen LogP contribution in [0.2, 0.25) is 0 Å². The Hall–Kier alpha value is -1.63. The molecule has 0 bridgehead atoms. The molecule has 0 saturated heterocycles. The van der Waals surface area contributed by atoms with E-state index in [9.17, 15) is 19.5 Å². The molecule has 0 spiro atoms. The highest BCUT2D eigenvalue weighted by molar-refractivity contribution is 5.81. The van der Waals surface area contributed by atoms with Crippen molar-refractivity contribution in [3.63, 3.8) is 0 Å². The Morgan fingerprint density at radius 2 is 1.69 bits per heavy atom. The summed E-state index contributed by atoms with van der Waals surface area (Å²) in [5.41, 5.74) is 4.84. The van der Waals surface area contributed by atoms with Crippen molar-refractivity contribution < 1.29 is 29.7 Å². The monoisotopic (exact) mass is 233 g/mol. The fourth-order valence-electron chi connectivity index (χ4n) is 1.17. The van der Waals surface area contributed by atoms with Crippen LogP contribution in [0.1, 0.15) is 19.8 Å². The van der Waals surface area contributed by atoms with E-state index in [1.807, 2.05) is 0 Å². The van der Waals surface area contributed by atoms with Crippen LogP contribution in [0.3, 0.4) is 0 Å². The summed E-state index contributed by atoms with van der Waals surface area (Å²) in [5.74, 6) is -5.56.